The Balaban J connectivity index is 2.42. The Labute approximate surface area is 112 Å². The molecule has 0 fully saturated rings. The van der Waals surface area contributed by atoms with Crippen LogP contribution in [0.25, 0.3) is 11.0 Å². The summed E-state index contributed by atoms with van der Waals surface area (Å²) in [6, 6.07) is 7.58. The maximum atomic E-state index is 10.8. The number of carbonyl (C=O) groups is 1. The number of benzene rings is 1. The minimum Gasteiger partial charge on any atom is -0.481 e. The predicted molar refractivity (Wildman–Crippen MR) is 73.8 cm³/mol. The van der Waals surface area contributed by atoms with Crippen LogP contribution in [0.15, 0.2) is 24.3 Å². The third kappa shape index (κ3) is 2.93. The number of hydrogen-bond acceptors (Lipinski definition) is 3. The monoisotopic (exact) mass is 261 g/mol. The molecule has 3 N–H and O–H groups in total. The Kier molecular flexibility index (Phi) is 4.16. The van der Waals surface area contributed by atoms with E-state index in [-0.39, 0.29) is 12.5 Å². The topological polar surface area (TPSA) is 81.1 Å². The average molecular weight is 261 g/mol. The second-order valence-electron chi connectivity index (χ2n) is 4.65. The lowest BCUT2D eigenvalue weighted by Crippen LogP contribution is -2.17. The molecule has 1 heterocycles. The zero-order valence-corrected chi connectivity index (χ0v) is 11.0. The maximum Gasteiger partial charge on any atom is 0.305 e. The molecule has 1 aromatic carbocycles. The molecule has 5 nitrogen and oxygen atoms in total. The Bertz CT molecular complexity index is 577. The van der Waals surface area contributed by atoms with Crippen molar-refractivity contribution in [2.75, 3.05) is 0 Å². The number of nitrogens with two attached hydrogens (primary N) is 1. The van der Waals surface area contributed by atoms with E-state index in [1.54, 1.807) is 0 Å². The van der Waals surface area contributed by atoms with Crippen LogP contribution < -0.4 is 5.73 Å². The number of fused-ring (bicyclic) bond motifs is 1. The van der Waals surface area contributed by atoms with Crippen LogP contribution in [0.5, 0.6) is 0 Å². The Morgan fingerprint density at radius 3 is 2.89 bits per heavy atom. The van der Waals surface area contributed by atoms with E-state index in [1.165, 1.54) is 0 Å². The smallest absolute Gasteiger partial charge is 0.305 e. The molecule has 1 atom stereocenters. The summed E-state index contributed by atoms with van der Waals surface area (Å²) in [5, 5.41) is 8.85. The largest absolute Gasteiger partial charge is 0.481 e. The van der Waals surface area contributed by atoms with Gasteiger partial charge in [0.2, 0.25) is 0 Å². The SMILES string of the molecule is CCCC(N)c1nc2ccccc2n1CCC(=O)O. The third-order valence-corrected chi connectivity index (χ3v) is 3.16. The lowest BCUT2D eigenvalue weighted by molar-refractivity contribution is -0.137. The molecule has 1 aromatic heterocycles. The summed E-state index contributed by atoms with van der Waals surface area (Å²) >= 11 is 0. The first-order valence-electron chi connectivity index (χ1n) is 6.56. The van der Waals surface area contributed by atoms with E-state index in [9.17, 15) is 4.79 Å². The van der Waals surface area contributed by atoms with Gasteiger partial charge in [-0.15, -0.1) is 0 Å². The second kappa shape index (κ2) is 5.84. The van der Waals surface area contributed by atoms with Crippen LogP contribution in [-0.4, -0.2) is 20.6 Å². The van der Waals surface area contributed by atoms with Gasteiger partial charge in [0.1, 0.15) is 5.82 Å². The van der Waals surface area contributed by atoms with Gasteiger partial charge >= 0.3 is 5.97 Å². The Morgan fingerprint density at radius 2 is 2.21 bits per heavy atom. The number of para-hydroxylation sites is 2. The van der Waals surface area contributed by atoms with E-state index >= 15 is 0 Å². The highest BCUT2D eigenvalue weighted by Gasteiger charge is 2.16. The average Bonchev–Trinajstić information content (AvgIpc) is 2.75. The molecule has 19 heavy (non-hydrogen) atoms. The van der Waals surface area contributed by atoms with Crippen molar-refractivity contribution in [1.82, 2.24) is 9.55 Å². The number of aromatic nitrogens is 2. The molecule has 5 heteroatoms. The van der Waals surface area contributed by atoms with Gasteiger partial charge in [0.15, 0.2) is 0 Å². The van der Waals surface area contributed by atoms with E-state index in [2.05, 4.69) is 11.9 Å². The Morgan fingerprint density at radius 1 is 1.47 bits per heavy atom. The fourth-order valence-electron chi connectivity index (χ4n) is 2.26. The van der Waals surface area contributed by atoms with Crippen LogP contribution in [0.4, 0.5) is 0 Å². The van der Waals surface area contributed by atoms with Crippen molar-refractivity contribution in [2.24, 2.45) is 5.73 Å². The van der Waals surface area contributed by atoms with Crippen LogP contribution in [0.2, 0.25) is 0 Å². The number of aliphatic carboxylic acids is 1. The quantitative estimate of drug-likeness (QED) is 0.836. The van der Waals surface area contributed by atoms with Gasteiger partial charge in [-0.25, -0.2) is 4.98 Å². The number of hydrogen-bond donors (Lipinski definition) is 2. The summed E-state index contributed by atoms with van der Waals surface area (Å²) in [4.78, 5) is 15.3. The van der Waals surface area contributed by atoms with Gasteiger partial charge in [0.05, 0.1) is 23.5 Å². The fraction of sp³-hybridized carbons (Fsp3) is 0.429. The van der Waals surface area contributed by atoms with E-state index in [0.717, 1.165) is 29.7 Å². The van der Waals surface area contributed by atoms with Crippen LogP contribution in [-0.2, 0) is 11.3 Å². The number of nitrogens with zero attached hydrogens (tertiary/aromatic N) is 2. The predicted octanol–water partition coefficient (Wildman–Crippen LogP) is 2.31. The summed E-state index contributed by atoms with van der Waals surface area (Å²) in [5.74, 6) is -0.0305. The van der Waals surface area contributed by atoms with Crippen molar-refractivity contribution in [3.05, 3.63) is 30.1 Å². The van der Waals surface area contributed by atoms with E-state index < -0.39 is 5.97 Å². The molecule has 2 rings (SSSR count). The van der Waals surface area contributed by atoms with Gasteiger partial charge in [0.25, 0.3) is 0 Å². The number of rotatable bonds is 6. The molecule has 0 saturated heterocycles. The van der Waals surface area contributed by atoms with Crippen molar-refractivity contribution < 1.29 is 9.90 Å². The normalized spacial score (nSPS) is 12.7. The molecule has 0 bridgehead atoms. The minimum absolute atomic E-state index is 0.0756. The first kappa shape index (κ1) is 13.5. The molecule has 2 aromatic rings. The van der Waals surface area contributed by atoms with Gasteiger partial charge < -0.3 is 15.4 Å². The molecule has 0 saturated carbocycles. The van der Waals surface area contributed by atoms with Crippen LogP contribution in [0.3, 0.4) is 0 Å². The lowest BCUT2D eigenvalue weighted by atomic mass is 10.1. The molecule has 1 unspecified atom stereocenters. The van der Waals surface area contributed by atoms with E-state index in [1.807, 2.05) is 28.8 Å². The van der Waals surface area contributed by atoms with Gasteiger partial charge in [0, 0.05) is 6.54 Å². The zero-order valence-electron chi connectivity index (χ0n) is 11.0. The zero-order chi connectivity index (χ0) is 13.8. The van der Waals surface area contributed by atoms with Gasteiger partial charge in [-0.05, 0) is 18.6 Å². The van der Waals surface area contributed by atoms with Gasteiger partial charge in [-0.2, -0.15) is 0 Å². The molecule has 0 aliphatic rings. The third-order valence-electron chi connectivity index (χ3n) is 3.16. The van der Waals surface area contributed by atoms with Crippen molar-refractivity contribution >= 4 is 17.0 Å². The maximum absolute atomic E-state index is 10.8. The summed E-state index contributed by atoms with van der Waals surface area (Å²) < 4.78 is 1.93. The number of carboxylic acid groups (broad SMARTS) is 1. The summed E-state index contributed by atoms with van der Waals surface area (Å²) in [6.45, 7) is 2.48. The van der Waals surface area contributed by atoms with E-state index in [4.69, 9.17) is 10.8 Å². The van der Waals surface area contributed by atoms with Crippen molar-refractivity contribution in [1.29, 1.82) is 0 Å². The highest BCUT2D eigenvalue weighted by Crippen LogP contribution is 2.22. The molecular formula is C14H19N3O2. The molecule has 0 spiro atoms. The first-order valence-corrected chi connectivity index (χ1v) is 6.56. The highest BCUT2D eigenvalue weighted by molar-refractivity contribution is 5.76. The van der Waals surface area contributed by atoms with Crippen LogP contribution in [0.1, 0.15) is 38.1 Å². The summed E-state index contributed by atoms with van der Waals surface area (Å²) in [7, 11) is 0. The van der Waals surface area contributed by atoms with Crippen LogP contribution >= 0.6 is 0 Å². The van der Waals surface area contributed by atoms with Crippen molar-refractivity contribution in [3.8, 4) is 0 Å². The van der Waals surface area contributed by atoms with Gasteiger partial charge in [-0.1, -0.05) is 25.5 Å². The van der Waals surface area contributed by atoms with Crippen molar-refractivity contribution in [2.45, 2.75) is 38.8 Å². The van der Waals surface area contributed by atoms with Crippen molar-refractivity contribution in [3.63, 3.8) is 0 Å². The highest BCUT2D eigenvalue weighted by atomic mass is 16.4. The van der Waals surface area contributed by atoms with E-state index in [0.29, 0.717) is 6.54 Å². The Hall–Kier alpha value is -1.88. The summed E-state index contributed by atoms with van der Waals surface area (Å²) in [6.07, 6.45) is 1.89. The number of carboxylic acids is 1. The summed E-state index contributed by atoms with van der Waals surface area (Å²) in [5.41, 5.74) is 7.97. The molecule has 0 radical (unpaired) electrons. The molecular weight excluding hydrogens is 242 g/mol. The molecule has 0 amide bonds. The molecule has 0 aliphatic carbocycles. The minimum atomic E-state index is -0.812. The molecule has 102 valence electrons. The molecule has 0 aliphatic heterocycles. The first-order chi connectivity index (χ1) is 9.13. The number of imidazole rings is 1. The standard InChI is InChI=1S/C14H19N3O2/c1-2-5-10(15)14-16-11-6-3-4-7-12(11)17(14)9-8-13(18)19/h3-4,6-7,10H,2,5,8-9,15H2,1H3,(H,18,19). The second-order valence-corrected chi connectivity index (χ2v) is 4.65. The lowest BCUT2D eigenvalue weighted by Gasteiger charge is -2.13. The fourth-order valence-corrected chi connectivity index (χ4v) is 2.26. The van der Waals surface area contributed by atoms with Gasteiger partial charge in [-0.3, -0.25) is 4.79 Å². The van der Waals surface area contributed by atoms with Crippen LogP contribution in [0, 0.1) is 0 Å². The number of aryl methyl sites for hydroxylation is 1.